The Bertz CT molecular complexity index is 720. The topological polar surface area (TPSA) is 26.3 Å². The summed E-state index contributed by atoms with van der Waals surface area (Å²) in [5, 5.41) is 0.708. The number of ether oxygens (including phenoxy) is 1. The molecule has 4 fully saturated rings. The molecule has 0 aromatic carbocycles. The molecule has 0 spiro atoms. The molecule has 4 unspecified atom stereocenters. The molecule has 0 radical (unpaired) electrons. The minimum atomic E-state index is -0.0117. The van der Waals surface area contributed by atoms with Gasteiger partial charge in [0.25, 0.3) is 0 Å². The first-order valence-corrected chi connectivity index (χ1v) is 16.5. The molecule has 3 heteroatoms. The second-order valence-corrected chi connectivity index (χ2v) is 15.0. The highest BCUT2D eigenvalue weighted by Gasteiger charge is 2.60. The second-order valence-electron chi connectivity index (χ2n) is 14.2. The van der Waals surface area contributed by atoms with E-state index < -0.39 is 0 Å². The standard InChI is InChI=1S/C32H55BrO2/c1-7-23(21(2)3)9-8-22(4)27-12-13-28-26-11-10-24-20-25(35-30(34)16-19-33)14-17-31(24,5)29(26)15-18-32(27,28)6/h21-29H,7-20H2,1-6H3/t22-,23-,24?,25+,26?,27-,28?,29?,31+,32-/m1/s1. The maximum absolute atomic E-state index is 12.1. The number of hydrogen-bond acceptors (Lipinski definition) is 2. The minimum absolute atomic E-state index is 0.0117. The summed E-state index contributed by atoms with van der Waals surface area (Å²) in [7, 11) is 0. The molecule has 202 valence electrons. The molecule has 10 atom stereocenters. The van der Waals surface area contributed by atoms with Crippen LogP contribution in [0.1, 0.15) is 125 Å². The molecule has 4 aliphatic rings. The predicted octanol–water partition coefficient (Wildman–Crippen LogP) is 9.44. The Balaban J connectivity index is 1.40. The van der Waals surface area contributed by atoms with Gasteiger partial charge in [0.05, 0.1) is 6.42 Å². The second kappa shape index (κ2) is 11.4. The average molecular weight is 552 g/mol. The van der Waals surface area contributed by atoms with Crippen LogP contribution in [0.5, 0.6) is 0 Å². The molecule has 4 saturated carbocycles. The van der Waals surface area contributed by atoms with Crippen LogP contribution in [0.25, 0.3) is 0 Å². The molecule has 4 aliphatic carbocycles. The summed E-state index contributed by atoms with van der Waals surface area (Å²) in [5.41, 5.74) is 1.05. The van der Waals surface area contributed by atoms with Crippen molar-refractivity contribution in [3.05, 3.63) is 0 Å². The highest BCUT2D eigenvalue weighted by molar-refractivity contribution is 9.09. The molecule has 4 rings (SSSR count). The Hall–Kier alpha value is -0.0500. The van der Waals surface area contributed by atoms with Gasteiger partial charge in [0.1, 0.15) is 6.10 Å². The molecule has 35 heavy (non-hydrogen) atoms. The van der Waals surface area contributed by atoms with Gasteiger partial charge in [0.2, 0.25) is 0 Å². The first-order chi connectivity index (χ1) is 16.6. The van der Waals surface area contributed by atoms with Gasteiger partial charge in [-0.25, -0.2) is 0 Å². The van der Waals surface area contributed by atoms with E-state index in [1.54, 1.807) is 0 Å². The Morgan fingerprint density at radius 1 is 0.943 bits per heavy atom. The number of fused-ring (bicyclic) bond motifs is 5. The van der Waals surface area contributed by atoms with E-state index in [2.05, 4.69) is 57.5 Å². The van der Waals surface area contributed by atoms with E-state index in [1.165, 1.54) is 64.2 Å². The van der Waals surface area contributed by atoms with Crippen LogP contribution in [0.15, 0.2) is 0 Å². The number of halogens is 1. The third-order valence-electron chi connectivity index (χ3n) is 12.4. The van der Waals surface area contributed by atoms with Crippen LogP contribution >= 0.6 is 15.9 Å². The molecular formula is C32H55BrO2. The van der Waals surface area contributed by atoms with Crippen LogP contribution in [-0.4, -0.2) is 17.4 Å². The fourth-order valence-electron chi connectivity index (χ4n) is 10.3. The van der Waals surface area contributed by atoms with Crippen molar-refractivity contribution in [2.75, 3.05) is 5.33 Å². The van der Waals surface area contributed by atoms with Gasteiger partial charge in [-0.3, -0.25) is 4.79 Å². The lowest BCUT2D eigenvalue weighted by atomic mass is 9.44. The maximum Gasteiger partial charge on any atom is 0.306 e. The summed E-state index contributed by atoms with van der Waals surface area (Å²) in [5.74, 6) is 7.09. The smallest absolute Gasteiger partial charge is 0.306 e. The summed E-state index contributed by atoms with van der Waals surface area (Å²) >= 11 is 3.38. The van der Waals surface area contributed by atoms with Crippen molar-refractivity contribution in [2.24, 2.45) is 58.2 Å². The molecule has 0 N–H and O–H groups in total. The van der Waals surface area contributed by atoms with Crippen molar-refractivity contribution in [1.29, 1.82) is 0 Å². The zero-order valence-electron chi connectivity index (χ0n) is 23.8. The molecule has 0 saturated heterocycles. The van der Waals surface area contributed by atoms with Gasteiger partial charge in [-0.15, -0.1) is 0 Å². The number of rotatable bonds is 9. The first kappa shape index (κ1) is 28.0. The van der Waals surface area contributed by atoms with Gasteiger partial charge in [0.15, 0.2) is 0 Å². The van der Waals surface area contributed by atoms with Gasteiger partial charge >= 0.3 is 5.97 Å². The van der Waals surface area contributed by atoms with Gasteiger partial charge < -0.3 is 4.74 Å². The molecule has 2 nitrogen and oxygen atoms in total. The summed E-state index contributed by atoms with van der Waals surface area (Å²) in [6, 6.07) is 0. The van der Waals surface area contributed by atoms with Crippen LogP contribution in [0.3, 0.4) is 0 Å². The quantitative estimate of drug-likeness (QED) is 0.211. The van der Waals surface area contributed by atoms with Gasteiger partial charge in [-0.05, 0) is 122 Å². The van der Waals surface area contributed by atoms with E-state index in [9.17, 15) is 4.79 Å². The Labute approximate surface area is 225 Å². The van der Waals surface area contributed by atoms with Crippen molar-refractivity contribution in [2.45, 2.75) is 131 Å². The van der Waals surface area contributed by atoms with Crippen LogP contribution in [0.2, 0.25) is 0 Å². The Kier molecular flexibility index (Phi) is 9.08. The number of hydrogen-bond donors (Lipinski definition) is 0. The van der Waals surface area contributed by atoms with E-state index in [0.717, 1.165) is 60.2 Å². The van der Waals surface area contributed by atoms with E-state index in [0.29, 0.717) is 22.6 Å². The number of alkyl halides is 1. The number of esters is 1. The number of carbonyl (C=O) groups excluding carboxylic acids is 1. The zero-order chi connectivity index (χ0) is 25.4. The lowest BCUT2D eigenvalue weighted by Gasteiger charge is -2.61. The van der Waals surface area contributed by atoms with Gasteiger partial charge in [-0.1, -0.05) is 70.3 Å². The van der Waals surface area contributed by atoms with Crippen molar-refractivity contribution in [3.8, 4) is 0 Å². The molecule has 0 aliphatic heterocycles. The fraction of sp³-hybridized carbons (Fsp3) is 0.969. The van der Waals surface area contributed by atoms with E-state index in [-0.39, 0.29) is 12.1 Å². The summed E-state index contributed by atoms with van der Waals surface area (Å²) < 4.78 is 5.88. The van der Waals surface area contributed by atoms with Crippen LogP contribution in [0.4, 0.5) is 0 Å². The highest BCUT2D eigenvalue weighted by atomic mass is 79.9. The lowest BCUT2D eigenvalue weighted by Crippen LogP contribution is -2.54. The van der Waals surface area contributed by atoms with E-state index >= 15 is 0 Å². The average Bonchev–Trinajstić information content (AvgIpc) is 3.17. The summed E-state index contributed by atoms with van der Waals surface area (Å²) in [4.78, 5) is 12.1. The predicted molar refractivity (Wildman–Crippen MR) is 151 cm³/mol. The van der Waals surface area contributed by atoms with Crippen molar-refractivity contribution in [1.82, 2.24) is 0 Å². The van der Waals surface area contributed by atoms with Crippen molar-refractivity contribution >= 4 is 21.9 Å². The molecule has 0 heterocycles. The maximum atomic E-state index is 12.1. The normalized spacial score (nSPS) is 42.6. The van der Waals surface area contributed by atoms with Gasteiger partial charge in [0, 0.05) is 5.33 Å². The third-order valence-corrected chi connectivity index (χ3v) is 12.8. The zero-order valence-corrected chi connectivity index (χ0v) is 25.4. The lowest BCUT2D eigenvalue weighted by molar-refractivity contribution is -0.162. The van der Waals surface area contributed by atoms with Crippen molar-refractivity contribution < 1.29 is 9.53 Å². The highest BCUT2D eigenvalue weighted by Crippen LogP contribution is 2.68. The largest absolute Gasteiger partial charge is 0.462 e. The monoisotopic (exact) mass is 550 g/mol. The van der Waals surface area contributed by atoms with Crippen LogP contribution in [0, 0.1) is 58.2 Å². The Morgan fingerprint density at radius 3 is 2.34 bits per heavy atom. The summed E-state index contributed by atoms with van der Waals surface area (Å²) in [6.45, 7) is 15.2. The molecule has 0 bridgehead atoms. The fourth-order valence-corrected chi connectivity index (χ4v) is 10.6. The molecule has 0 aromatic rings. The molecular weight excluding hydrogens is 496 g/mol. The van der Waals surface area contributed by atoms with E-state index in [4.69, 9.17) is 4.74 Å². The summed E-state index contributed by atoms with van der Waals surface area (Å²) in [6.07, 6.45) is 17.0. The van der Waals surface area contributed by atoms with E-state index in [1.807, 2.05) is 0 Å². The third kappa shape index (κ3) is 5.42. The molecule has 0 aromatic heterocycles. The number of carbonyl (C=O) groups is 1. The Morgan fingerprint density at radius 2 is 1.66 bits per heavy atom. The van der Waals surface area contributed by atoms with Gasteiger partial charge in [-0.2, -0.15) is 0 Å². The SMILES string of the molecule is CC[C@H](CC[C@@H](C)[C@H]1CCC2C3CCC4C[C@@H](OC(=O)CCBr)CC[C@]4(C)C3CC[C@@]21C)C(C)C. The van der Waals surface area contributed by atoms with Crippen LogP contribution < -0.4 is 0 Å². The van der Waals surface area contributed by atoms with Crippen molar-refractivity contribution in [3.63, 3.8) is 0 Å². The van der Waals surface area contributed by atoms with Crippen LogP contribution in [-0.2, 0) is 9.53 Å². The first-order valence-electron chi connectivity index (χ1n) is 15.4. The minimum Gasteiger partial charge on any atom is -0.462 e. The molecule has 0 amide bonds.